The number of para-hydroxylation sites is 1. The second kappa shape index (κ2) is 5.66. The predicted molar refractivity (Wildman–Crippen MR) is 80.9 cm³/mol. The van der Waals surface area contributed by atoms with Crippen molar-refractivity contribution in [3.63, 3.8) is 0 Å². The van der Waals surface area contributed by atoms with Crippen LogP contribution >= 0.6 is 0 Å². The van der Waals surface area contributed by atoms with Crippen molar-refractivity contribution in [2.45, 2.75) is 18.6 Å². The minimum absolute atomic E-state index is 0.0304. The Morgan fingerprint density at radius 3 is 2.38 bits per heavy atom. The van der Waals surface area contributed by atoms with E-state index in [2.05, 4.69) is 0 Å². The van der Waals surface area contributed by atoms with Gasteiger partial charge >= 0.3 is 0 Å². The maximum Gasteiger partial charge on any atom is 0.126 e. The average molecular weight is 285 g/mol. The summed E-state index contributed by atoms with van der Waals surface area (Å²) in [5, 5.41) is 0. The summed E-state index contributed by atoms with van der Waals surface area (Å²) >= 11 is 0. The second-order valence-electron chi connectivity index (χ2n) is 5.13. The first-order valence-electron chi connectivity index (χ1n) is 6.95. The van der Waals surface area contributed by atoms with E-state index in [0.717, 1.165) is 34.8 Å². The van der Waals surface area contributed by atoms with Crippen LogP contribution in [0.5, 0.6) is 17.2 Å². The highest BCUT2D eigenvalue weighted by Crippen LogP contribution is 2.40. The van der Waals surface area contributed by atoms with E-state index in [9.17, 15) is 0 Å². The fourth-order valence-corrected chi connectivity index (χ4v) is 2.67. The Morgan fingerprint density at radius 2 is 1.71 bits per heavy atom. The van der Waals surface area contributed by atoms with E-state index in [1.165, 1.54) is 0 Å². The predicted octanol–water partition coefficient (Wildman–Crippen LogP) is 3.23. The molecule has 0 radical (unpaired) electrons. The molecule has 4 nitrogen and oxygen atoms in total. The molecule has 2 N–H and O–H groups in total. The van der Waals surface area contributed by atoms with E-state index in [1.807, 2.05) is 42.5 Å². The van der Waals surface area contributed by atoms with Crippen molar-refractivity contribution in [2.24, 2.45) is 5.73 Å². The van der Waals surface area contributed by atoms with Crippen LogP contribution in [-0.4, -0.2) is 14.2 Å². The summed E-state index contributed by atoms with van der Waals surface area (Å²) in [6.45, 7) is 0. The molecule has 0 bridgehead atoms. The minimum Gasteiger partial charge on any atom is -0.497 e. The first-order chi connectivity index (χ1) is 10.2. The quantitative estimate of drug-likeness (QED) is 0.940. The molecular formula is C17H19NO3. The van der Waals surface area contributed by atoms with Gasteiger partial charge in [0.2, 0.25) is 0 Å². The summed E-state index contributed by atoms with van der Waals surface area (Å²) in [6, 6.07) is 13.7. The Morgan fingerprint density at radius 1 is 1.05 bits per heavy atom. The third kappa shape index (κ3) is 2.67. The number of hydrogen-bond acceptors (Lipinski definition) is 4. The summed E-state index contributed by atoms with van der Waals surface area (Å²) in [6.07, 6.45) is 0.631. The fourth-order valence-electron chi connectivity index (χ4n) is 2.67. The molecule has 1 aliphatic rings. The summed E-state index contributed by atoms with van der Waals surface area (Å²) in [5.74, 6) is 2.35. The second-order valence-corrected chi connectivity index (χ2v) is 5.13. The zero-order valence-electron chi connectivity index (χ0n) is 12.2. The van der Waals surface area contributed by atoms with Crippen molar-refractivity contribution in [3.05, 3.63) is 53.6 Å². The van der Waals surface area contributed by atoms with E-state index in [0.29, 0.717) is 0 Å². The smallest absolute Gasteiger partial charge is 0.126 e. The number of benzene rings is 2. The van der Waals surface area contributed by atoms with Gasteiger partial charge in [-0.05, 0) is 23.8 Å². The van der Waals surface area contributed by atoms with Crippen molar-refractivity contribution < 1.29 is 14.2 Å². The van der Waals surface area contributed by atoms with Gasteiger partial charge in [0, 0.05) is 24.1 Å². The standard InChI is InChI=1S/C17H19NO3/c1-19-12-7-11(8-13(9-12)20-2)17-10-15(18)14-5-3-4-6-16(14)21-17/h3-9,15,17H,10,18H2,1-2H3/t15-,17?/m0/s1. The van der Waals surface area contributed by atoms with Crippen LogP contribution in [0.2, 0.25) is 0 Å². The molecule has 0 saturated heterocycles. The van der Waals surface area contributed by atoms with E-state index in [-0.39, 0.29) is 12.1 Å². The van der Waals surface area contributed by atoms with E-state index >= 15 is 0 Å². The number of rotatable bonds is 3. The van der Waals surface area contributed by atoms with E-state index in [1.54, 1.807) is 14.2 Å². The fraction of sp³-hybridized carbons (Fsp3) is 0.294. The third-order valence-electron chi connectivity index (χ3n) is 3.80. The molecule has 0 fully saturated rings. The van der Waals surface area contributed by atoms with Gasteiger partial charge in [0.05, 0.1) is 14.2 Å². The molecule has 2 aromatic rings. The molecule has 0 aromatic heterocycles. The van der Waals surface area contributed by atoms with Crippen LogP contribution in [0.15, 0.2) is 42.5 Å². The van der Waals surface area contributed by atoms with Crippen LogP contribution in [0.4, 0.5) is 0 Å². The molecule has 21 heavy (non-hydrogen) atoms. The Labute approximate surface area is 124 Å². The average Bonchev–Trinajstić information content (AvgIpc) is 2.54. The van der Waals surface area contributed by atoms with Crippen LogP contribution in [0.25, 0.3) is 0 Å². The van der Waals surface area contributed by atoms with Gasteiger partial charge in [-0.15, -0.1) is 0 Å². The molecule has 1 aliphatic heterocycles. The maximum absolute atomic E-state index is 6.27. The third-order valence-corrected chi connectivity index (χ3v) is 3.80. The lowest BCUT2D eigenvalue weighted by Gasteiger charge is -2.30. The Bertz CT molecular complexity index is 619. The minimum atomic E-state index is -0.0982. The van der Waals surface area contributed by atoms with Gasteiger partial charge in [0.25, 0.3) is 0 Å². The van der Waals surface area contributed by atoms with Crippen LogP contribution in [0, 0.1) is 0 Å². The zero-order chi connectivity index (χ0) is 14.8. The molecule has 110 valence electrons. The van der Waals surface area contributed by atoms with Crippen LogP contribution < -0.4 is 19.9 Å². The summed E-state index contributed by atoms with van der Waals surface area (Å²) in [4.78, 5) is 0. The monoisotopic (exact) mass is 285 g/mol. The lowest BCUT2D eigenvalue weighted by molar-refractivity contribution is 0.161. The van der Waals surface area contributed by atoms with Gasteiger partial charge in [0.15, 0.2) is 0 Å². The lowest BCUT2D eigenvalue weighted by atomic mass is 9.93. The highest BCUT2D eigenvalue weighted by Gasteiger charge is 2.27. The number of ether oxygens (including phenoxy) is 3. The molecule has 1 unspecified atom stereocenters. The molecule has 2 aromatic carbocycles. The Hall–Kier alpha value is -2.20. The summed E-state index contributed by atoms with van der Waals surface area (Å²) in [5.41, 5.74) is 8.34. The summed E-state index contributed by atoms with van der Waals surface area (Å²) < 4.78 is 16.7. The van der Waals surface area contributed by atoms with Gasteiger partial charge in [-0.3, -0.25) is 0 Å². The molecule has 0 spiro atoms. The lowest BCUT2D eigenvalue weighted by Crippen LogP contribution is -2.24. The topological polar surface area (TPSA) is 53.7 Å². The normalized spacial score (nSPS) is 20.3. The molecule has 0 aliphatic carbocycles. The van der Waals surface area contributed by atoms with Crippen molar-refractivity contribution in [1.29, 1.82) is 0 Å². The Balaban J connectivity index is 1.95. The summed E-state index contributed by atoms with van der Waals surface area (Å²) in [7, 11) is 3.28. The maximum atomic E-state index is 6.27. The van der Waals surface area contributed by atoms with Crippen molar-refractivity contribution in [3.8, 4) is 17.2 Å². The van der Waals surface area contributed by atoms with Gasteiger partial charge in [-0.25, -0.2) is 0 Å². The molecule has 2 atom stereocenters. The number of hydrogen-bond donors (Lipinski definition) is 1. The molecule has 1 heterocycles. The van der Waals surface area contributed by atoms with Crippen LogP contribution in [0.1, 0.15) is 29.7 Å². The molecular weight excluding hydrogens is 266 g/mol. The zero-order valence-corrected chi connectivity index (χ0v) is 12.2. The van der Waals surface area contributed by atoms with Crippen molar-refractivity contribution in [2.75, 3.05) is 14.2 Å². The van der Waals surface area contributed by atoms with Crippen molar-refractivity contribution in [1.82, 2.24) is 0 Å². The highest BCUT2D eigenvalue weighted by molar-refractivity contribution is 5.43. The van der Waals surface area contributed by atoms with Crippen LogP contribution in [-0.2, 0) is 0 Å². The largest absolute Gasteiger partial charge is 0.497 e. The van der Waals surface area contributed by atoms with Gasteiger partial charge in [-0.2, -0.15) is 0 Å². The first kappa shape index (κ1) is 13.8. The number of nitrogens with two attached hydrogens (primary N) is 1. The van der Waals surface area contributed by atoms with Crippen molar-refractivity contribution >= 4 is 0 Å². The van der Waals surface area contributed by atoms with E-state index < -0.39 is 0 Å². The SMILES string of the molecule is COc1cc(OC)cc(C2C[C@H](N)c3ccccc3O2)c1. The highest BCUT2D eigenvalue weighted by atomic mass is 16.5. The van der Waals surface area contributed by atoms with Gasteiger partial charge in [-0.1, -0.05) is 18.2 Å². The number of methoxy groups -OCH3 is 2. The molecule has 0 amide bonds. The van der Waals surface area contributed by atoms with Gasteiger partial charge < -0.3 is 19.9 Å². The Kier molecular flexibility index (Phi) is 3.71. The molecule has 3 rings (SSSR count). The van der Waals surface area contributed by atoms with Gasteiger partial charge in [0.1, 0.15) is 23.4 Å². The first-order valence-corrected chi connectivity index (χ1v) is 6.95. The van der Waals surface area contributed by atoms with Crippen LogP contribution in [0.3, 0.4) is 0 Å². The number of fused-ring (bicyclic) bond motifs is 1. The molecule has 4 heteroatoms. The molecule has 0 saturated carbocycles. The van der Waals surface area contributed by atoms with E-state index in [4.69, 9.17) is 19.9 Å².